The summed E-state index contributed by atoms with van der Waals surface area (Å²) < 4.78 is 26.2. The first-order valence-corrected chi connectivity index (χ1v) is 9.01. The minimum Gasteiger partial charge on any atom is -0.365 e. The molecule has 1 unspecified atom stereocenters. The van der Waals surface area contributed by atoms with Crippen molar-refractivity contribution in [2.45, 2.75) is 19.3 Å². The summed E-state index contributed by atoms with van der Waals surface area (Å²) in [7, 11) is 0. The molecule has 0 amide bonds. The second-order valence-corrected chi connectivity index (χ2v) is 6.77. The standard InChI is InChI=1S/C18H13FN4O2S/c19-13-3-1-11(2-4-13)16-8-23-14(9-24-16)7-15(21-23)18-20-17(22-25-18)12-5-6-26-10-12/h1-7,10,16H,8-9H2. The predicted molar refractivity (Wildman–Crippen MR) is 92.8 cm³/mol. The molecule has 0 spiro atoms. The fourth-order valence-corrected chi connectivity index (χ4v) is 3.58. The van der Waals surface area contributed by atoms with Crippen LogP contribution in [0.1, 0.15) is 17.4 Å². The highest BCUT2D eigenvalue weighted by atomic mass is 32.1. The molecule has 0 aliphatic carbocycles. The Labute approximate surface area is 151 Å². The summed E-state index contributed by atoms with van der Waals surface area (Å²) in [6, 6.07) is 10.2. The quantitative estimate of drug-likeness (QED) is 0.545. The van der Waals surface area contributed by atoms with Crippen molar-refractivity contribution in [3.8, 4) is 23.0 Å². The van der Waals surface area contributed by atoms with E-state index in [0.717, 1.165) is 16.8 Å². The first-order chi connectivity index (χ1) is 12.8. The molecule has 5 rings (SSSR count). The van der Waals surface area contributed by atoms with E-state index in [1.165, 1.54) is 12.1 Å². The van der Waals surface area contributed by atoms with Crippen molar-refractivity contribution in [2.75, 3.05) is 0 Å². The van der Waals surface area contributed by atoms with Gasteiger partial charge in [0.25, 0.3) is 5.89 Å². The molecule has 1 aliphatic heterocycles. The Morgan fingerprint density at radius 1 is 1.19 bits per heavy atom. The Kier molecular flexibility index (Phi) is 3.65. The van der Waals surface area contributed by atoms with Crippen molar-refractivity contribution in [2.24, 2.45) is 0 Å². The Balaban J connectivity index is 1.40. The van der Waals surface area contributed by atoms with Crippen LogP contribution >= 0.6 is 11.3 Å². The van der Waals surface area contributed by atoms with Gasteiger partial charge < -0.3 is 9.26 Å². The number of halogens is 1. The predicted octanol–water partition coefficient (Wildman–Crippen LogP) is 4.07. The molecule has 1 aliphatic rings. The largest absolute Gasteiger partial charge is 0.365 e. The van der Waals surface area contributed by atoms with Crippen LogP contribution in [0.3, 0.4) is 0 Å². The van der Waals surface area contributed by atoms with E-state index < -0.39 is 0 Å². The Morgan fingerprint density at radius 2 is 2.08 bits per heavy atom. The number of hydrogen-bond acceptors (Lipinski definition) is 6. The normalized spacial score (nSPS) is 16.6. The molecule has 0 fully saturated rings. The number of rotatable bonds is 3. The van der Waals surface area contributed by atoms with E-state index in [2.05, 4.69) is 15.2 Å². The molecule has 0 saturated heterocycles. The molecule has 6 nitrogen and oxygen atoms in total. The van der Waals surface area contributed by atoms with Gasteiger partial charge in [0.2, 0.25) is 5.82 Å². The Bertz CT molecular complexity index is 1040. The molecule has 1 aromatic carbocycles. The van der Waals surface area contributed by atoms with Crippen molar-refractivity contribution in [3.05, 3.63) is 64.2 Å². The summed E-state index contributed by atoms with van der Waals surface area (Å²) >= 11 is 1.58. The lowest BCUT2D eigenvalue weighted by Crippen LogP contribution is -2.21. The first kappa shape index (κ1) is 15.4. The van der Waals surface area contributed by atoms with Gasteiger partial charge in [0.15, 0.2) is 5.69 Å². The molecule has 4 heterocycles. The average Bonchev–Trinajstić information content (AvgIpc) is 3.40. The van der Waals surface area contributed by atoms with Crippen LogP contribution in [0.2, 0.25) is 0 Å². The van der Waals surface area contributed by atoms with Gasteiger partial charge >= 0.3 is 0 Å². The zero-order valence-electron chi connectivity index (χ0n) is 13.5. The van der Waals surface area contributed by atoms with Gasteiger partial charge in [0, 0.05) is 10.9 Å². The third-order valence-corrected chi connectivity index (χ3v) is 4.98. The van der Waals surface area contributed by atoms with Crippen molar-refractivity contribution in [1.82, 2.24) is 19.9 Å². The van der Waals surface area contributed by atoms with Gasteiger partial charge in [-0.2, -0.15) is 21.4 Å². The average molecular weight is 368 g/mol. The third-order valence-electron chi connectivity index (χ3n) is 4.30. The maximum atomic E-state index is 13.1. The van der Waals surface area contributed by atoms with Crippen LogP contribution in [0.5, 0.6) is 0 Å². The zero-order valence-corrected chi connectivity index (χ0v) is 14.3. The summed E-state index contributed by atoms with van der Waals surface area (Å²) in [5.74, 6) is 0.670. The number of hydrogen-bond donors (Lipinski definition) is 0. The van der Waals surface area contributed by atoms with Crippen LogP contribution < -0.4 is 0 Å². The monoisotopic (exact) mass is 368 g/mol. The van der Waals surface area contributed by atoms with E-state index in [1.807, 2.05) is 27.6 Å². The van der Waals surface area contributed by atoms with Gasteiger partial charge in [-0.1, -0.05) is 17.3 Å². The molecule has 0 N–H and O–H groups in total. The number of thiophene rings is 1. The lowest BCUT2D eigenvalue weighted by Gasteiger charge is -2.24. The topological polar surface area (TPSA) is 66.0 Å². The van der Waals surface area contributed by atoms with Gasteiger partial charge in [-0.05, 0) is 35.2 Å². The van der Waals surface area contributed by atoms with Crippen LogP contribution in [0.4, 0.5) is 4.39 Å². The summed E-state index contributed by atoms with van der Waals surface area (Å²) in [4.78, 5) is 4.42. The lowest BCUT2D eigenvalue weighted by atomic mass is 10.1. The summed E-state index contributed by atoms with van der Waals surface area (Å²) in [6.07, 6.45) is -0.167. The Hall–Kier alpha value is -2.84. The minimum atomic E-state index is -0.260. The van der Waals surface area contributed by atoms with E-state index in [-0.39, 0.29) is 11.9 Å². The number of aromatic nitrogens is 4. The number of benzene rings is 1. The van der Waals surface area contributed by atoms with Crippen LogP contribution in [-0.2, 0) is 17.9 Å². The van der Waals surface area contributed by atoms with Crippen molar-refractivity contribution in [3.63, 3.8) is 0 Å². The molecular weight excluding hydrogens is 355 g/mol. The smallest absolute Gasteiger partial charge is 0.278 e. The molecule has 0 radical (unpaired) electrons. The van der Waals surface area contributed by atoms with Gasteiger partial charge in [-0.25, -0.2) is 4.39 Å². The summed E-state index contributed by atoms with van der Waals surface area (Å²) in [6.45, 7) is 0.965. The van der Waals surface area contributed by atoms with Crippen LogP contribution in [-0.4, -0.2) is 19.9 Å². The number of ether oxygens (including phenoxy) is 1. The maximum absolute atomic E-state index is 13.1. The molecule has 1 atom stereocenters. The molecule has 0 saturated carbocycles. The summed E-state index contributed by atoms with van der Waals surface area (Å²) in [5, 5.41) is 12.5. The molecule has 26 heavy (non-hydrogen) atoms. The highest BCUT2D eigenvalue weighted by Gasteiger charge is 2.24. The van der Waals surface area contributed by atoms with Gasteiger partial charge in [0.1, 0.15) is 11.9 Å². The van der Waals surface area contributed by atoms with E-state index in [0.29, 0.717) is 30.6 Å². The fraction of sp³-hybridized carbons (Fsp3) is 0.167. The zero-order chi connectivity index (χ0) is 17.5. The maximum Gasteiger partial charge on any atom is 0.278 e. The van der Waals surface area contributed by atoms with Crippen LogP contribution in [0.15, 0.2) is 51.7 Å². The molecular formula is C18H13FN4O2S. The van der Waals surface area contributed by atoms with E-state index >= 15 is 0 Å². The fourth-order valence-electron chi connectivity index (χ4n) is 2.95. The SMILES string of the molecule is Fc1ccc(C2Cn3nc(-c4nc(-c5ccsc5)no4)cc3CO2)cc1. The highest BCUT2D eigenvalue weighted by molar-refractivity contribution is 7.08. The minimum absolute atomic E-state index is 0.167. The molecule has 130 valence electrons. The van der Waals surface area contributed by atoms with Crippen LogP contribution in [0, 0.1) is 5.82 Å². The molecule has 0 bridgehead atoms. The lowest BCUT2D eigenvalue weighted by molar-refractivity contribution is -0.00116. The second-order valence-electron chi connectivity index (χ2n) is 5.99. The van der Waals surface area contributed by atoms with Gasteiger partial charge in [-0.15, -0.1) is 0 Å². The summed E-state index contributed by atoms with van der Waals surface area (Å²) in [5.41, 5.74) is 3.41. The van der Waals surface area contributed by atoms with Crippen LogP contribution in [0.25, 0.3) is 23.0 Å². The highest BCUT2D eigenvalue weighted by Crippen LogP contribution is 2.29. The van der Waals surface area contributed by atoms with Gasteiger partial charge in [-0.3, -0.25) is 4.68 Å². The molecule has 8 heteroatoms. The second kappa shape index (κ2) is 6.15. The van der Waals surface area contributed by atoms with Crippen molar-refractivity contribution >= 4 is 11.3 Å². The molecule has 4 aromatic rings. The first-order valence-electron chi connectivity index (χ1n) is 8.07. The number of fused-ring (bicyclic) bond motifs is 1. The van der Waals surface area contributed by atoms with Crippen molar-refractivity contribution in [1.29, 1.82) is 0 Å². The van der Waals surface area contributed by atoms with E-state index in [4.69, 9.17) is 9.26 Å². The molecule has 3 aromatic heterocycles. The van der Waals surface area contributed by atoms with E-state index in [9.17, 15) is 4.39 Å². The third kappa shape index (κ3) is 2.73. The van der Waals surface area contributed by atoms with Gasteiger partial charge in [0.05, 0.1) is 18.8 Å². The van der Waals surface area contributed by atoms with E-state index in [1.54, 1.807) is 23.5 Å². The Morgan fingerprint density at radius 3 is 2.88 bits per heavy atom. The van der Waals surface area contributed by atoms with Crippen molar-refractivity contribution < 1.29 is 13.7 Å². The number of nitrogens with zero attached hydrogens (tertiary/aromatic N) is 4.